The van der Waals surface area contributed by atoms with E-state index < -0.39 is 0 Å². The van der Waals surface area contributed by atoms with Crippen molar-refractivity contribution in [2.45, 2.75) is 12.2 Å². The summed E-state index contributed by atoms with van der Waals surface area (Å²) < 4.78 is 0. The van der Waals surface area contributed by atoms with Gasteiger partial charge < -0.3 is 4.90 Å². The van der Waals surface area contributed by atoms with Crippen LogP contribution < -0.4 is 0 Å². The molecule has 1 heterocycles. The lowest BCUT2D eigenvalue weighted by atomic mass is 10.2. The highest BCUT2D eigenvalue weighted by Crippen LogP contribution is 2.20. The fourth-order valence-corrected chi connectivity index (χ4v) is 3.47. The molecule has 0 aliphatic carbocycles. The summed E-state index contributed by atoms with van der Waals surface area (Å²) in [4.78, 5) is 13.7. The molecule has 1 amide bonds. The molecule has 1 aromatic carbocycles. The third kappa shape index (κ3) is 4.02. The number of thioether (sulfide) groups is 1. The molecule has 18 heavy (non-hydrogen) atoms. The van der Waals surface area contributed by atoms with Gasteiger partial charge in [0.15, 0.2) is 0 Å². The number of likely N-dealkylation sites (tertiary alicyclic amines) is 1. The first-order chi connectivity index (χ1) is 8.79. The van der Waals surface area contributed by atoms with Crippen molar-refractivity contribution in [3.8, 4) is 0 Å². The maximum atomic E-state index is 11.7. The maximum Gasteiger partial charge on any atom is 0.222 e. The number of nitrogens with zero attached hydrogens (tertiary/aromatic N) is 1. The molecule has 1 atom stereocenters. The smallest absolute Gasteiger partial charge is 0.222 e. The van der Waals surface area contributed by atoms with E-state index >= 15 is 0 Å². The zero-order chi connectivity index (χ0) is 12.8. The van der Waals surface area contributed by atoms with Gasteiger partial charge >= 0.3 is 0 Å². The molecule has 1 aromatic rings. The Hall–Kier alpha value is -0.480. The largest absolute Gasteiger partial charge is 0.342 e. The van der Waals surface area contributed by atoms with Crippen LogP contribution >= 0.6 is 27.7 Å². The summed E-state index contributed by atoms with van der Waals surface area (Å²) in [5.41, 5.74) is 1.36. The minimum atomic E-state index is 0.319. The van der Waals surface area contributed by atoms with Gasteiger partial charge in [-0.1, -0.05) is 46.3 Å². The minimum absolute atomic E-state index is 0.319. The van der Waals surface area contributed by atoms with Crippen molar-refractivity contribution in [1.29, 1.82) is 0 Å². The predicted molar refractivity (Wildman–Crippen MR) is 81.1 cm³/mol. The minimum Gasteiger partial charge on any atom is -0.342 e. The maximum absolute atomic E-state index is 11.7. The number of halogens is 1. The summed E-state index contributed by atoms with van der Waals surface area (Å²) in [5, 5.41) is 0.937. The lowest BCUT2D eigenvalue weighted by Gasteiger charge is -2.15. The number of carbonyl (C=O) groups is 1. The Morgan fingerprint density at radius 1 is 1.33 bits per heavy atom. The number of hydrogen-bond acceptors (Lipinski definition) is 2. The van der Waals surface area contributed by atoms with Crippen LogP contribution in [0, 0.1) is 5.92 Å². The quantitative estimate of drug-likeness (QED) is 0.591. The van der Waals surface area contributed by atoms with Gasteiger partial charge in [-0.2, -0.15) is 11.8 Å². The molecule has 1 fully saturated rings. The van der Waals surface area contributed by atoms with Crippen molar-refractivity contribution in [3.05, 3.63) is 35.9 Å². The van der Waals surface area contributed by atoms with Gasteiger partial charge in [0.1, 0.15) is 0 Å². The summed E-state index contributed by atoms with van der Waals surface area (Å²) in [6.45, 7) is 1.82. The van der Waals surface area contributed by atoms with E-state index in [0.717, 1.165) is 29.9 Å². The summed E-state index contributed by atoms with van der Waals surface area (Å²) in [6.07, 6.45) is 0.717. The van der Waals surface area contributed by atoms with Crippen LogP contribution in [0.2, 0.25) is 0 Å². The van der Waals surface area contributed by atoms with Crippen LogP contribution in [-0.2, 0) is 10.5 Å². The molecule has 98 valence electrons. The SMILES string of the molecule is O=C1CC(CBr)CN1CCSCc1ccccc1. The molecule has 0 bridgehead atoms. The molecule has 1 unspecified atom stereocenters. The zero-order valence-electron chi connectivity index (χ0n) is 10.3. The van der Waals surface area contributed by atoms with E-state index in [1.54, 1.807) is 0 Å². The first-order valence-corrected chi connectivity index (χ1v) is 8.52. The third-order valence-electron chi connectivity index (χ3n) is 3.13. The van der Waals surface area contributed by atoms with E-state index in [9.17, 15) is 4.79 Å². The highest BCUT2D eigenvalue weighted by atomic mass is 79.9. The summed E-state index contributed by atoms with van der Waals surface area (Å²) in [5.74, 6) is 2.89. The van der Waals surface area contributed by atoms with Gasteiger partial charge in [0.05, 0.1) is 0 Å². The van der Waals surface area contributed by atoms with Crippen molar-refractivity contribution < 1.29 is 4.79 Å². The first-order valence-electron chi connectivity index (χ1n) is 6.25. The van der Waals surface area contributed by atoms with Crippen molar-refractivity contribution >= 4 is 33.6 Å². The number of benzene rings is 1. The average molecular weight is 328 g/mol. The molecule has 1 aliphatic rings. The average Bonchev–Trinajstić information content (AvgIpc) is 2.77. The monoisotopic (exact) mass is 327 g/mol. The molecule has 1 aliphatic heterocycles. The predicted octanol–water partition coefficient (Wildman–Crippen LogP) is 3.16. The van der Waals surface area contributed by atoms with E-state index in [1.165, 1.54) is 5.56 Å². The Morgan fingerprint density at radius 2 is 2.11 bits per heavy atom. The fourth-order valence-electron chi connectivity index (χ4n) is 2.11. The van der Waals surface area contributed by atoms with E-state index in [2.05, 4.69) is 40.2 Å². The molecule has 2 rings (SSSR count). The van der Waals surface area contributed by atoms with Crippen LogP contribution in [0.1, 0.15) is 12.0 Å². The van der Waals surface area contributed by atoms with Crippen LogP contribution in [0.25, 0.3) is 0 Å². The second-order valence-corrected chi connectivity index (χ2v) is 6.36. The molecule has 0 N–H and O–H groups in total. The summed E-state index contributed by atoms with van der Waals surface area (Å²) in [6, 6.07) is 10.5. The molecular weight excluding hydrogens is 310 g/mol. The van der Waals surface area contributed by atoms with Crippen LogP contribution in [0.3, 0.4) is 0 Å². The summed E-state index contributed by atoms with van der Waals surface area (Å²) in [7, 11) is 0. The number of carbonyl (C=O) groups excluding carboxylic acids is 1. The van der Waals surface area contributed by atoms with Gasteiger partial charge in [-0.3, -0.25) is 4.79 Å². The van der Waals surface area contributed by atoms with E-state index in [4.69, 9.17) is 0 Å². The van der Waals surface area contributed by atoms with Gasteiger partial charge in [-0.05, 0) is 11.5 Å². The van der Waals surface area contributed by atoms with E-state index in [1.807, 2.05) is 22.7 Å². The highest BCUT2D eigenvalue weighted by molar-refractivity contribution is 9.09. The molecule has 0 saturated carbocycles. The molecule has 1 saturated heterocycles. The second kappa shape index (κ2) is 7.19. The van der Waals surface area contributed by atoms with Gasteiger partial charge in [0.2, 0.25) is 5.91 Å². The number of rotatable bonds is 6. The Bertz CT molecular complexity index is 385. The van der Waals surface area contributed by atoms with Crippen molar-refractivity contribution in [1.82, 2.24) is 4.90 Å². The Morgan fingerprint density at radius 3 is 2.78 bits per heavy atom. The highest BCUT2D eigenvalue weighted by Gasteiger charge is 2.27. The Labute approximate surface area is 121 Å². The molecular formula is C14H18BrNOS. The summed E-state index contributed by atoms with van der Waals surface area (Å²) >= 11 is 5.36. The number of hydrogen-bond donors (Lipinski definition) is 0. The lowest BCUT2D eigenvalue weighted by molar-refractivity contribution is -0.127. The number of amides is 1. The van der Waals surface area contributed by atoms with Gasteiger partial charge in [-0.25, -0.2) is 0 Å². The van der Waals surface area contributed by atoms with Gasteiger partial charge in [0.25, 0.3) is 0 Å². The van der Waals surface area contributed by atoms with Crippen molar-refractivity contribution in [2.75, 3.05) is 24.2 Å². The number of alkyl halides is 1. The standard InChI is InChI=1S/C14H18BrNOS/c15-9-13-8-14(17)16(10-13)6-7-18-11-12-4-2-1-3-5-12/h1-5,13H,6-11H2. The zero-order valence-corrected chi connectivity index (χ0v) is 12.8. The van der Waals surface area contributed by atoms with E-state index in [-0.39, 0.29) is 0 Å². The fraction of sp³-hybridized carbons (Fsp3) is 0.500. The molecule has 0 aromatic heterocycles. The first kappa shape index (κ1) is 13.9. The molecule has 0 spiro atoms. The van der Waals surface area contributed by atoms with Crippen molar-refractivity contribution in [2.24, 2.45) is 5.92 Å². The van der Waals surface area contributed by atoms with Crippen molar-refractivity contribution in [3.63, 3.8) is 0 Å². The molecule has 4 heteroatoms. The van der Waals surface area contributed by atoms with Crippen LogP contribution in [0.5, 0.6) is 0 Å². The van der Waals surface area contributed by atoms with Crippen LogP contribution in [0.15, 0.2) is 30.3 Å². The Balaban J connectivity index is 1.65. The van der Waals surface area contributed by atoms with Crippen LogP contribution in [-0.4, -0.2) is 35.0 Å². The normalized spacial score (nSPS) is 19.5. The lowest BCUT2D eigenvalue weighted by Crippen LogP contribution is -2.27. The van der Waals surface area contributed by atoms with Gasteiger partial charge in [-0.15, -0.1) is 0 Å². The molecule has 0 radical (unpaired) electrons. The third-order valence-corrected chi connectivity index (χ3v) is 5.05. The van der Waals surface area contributed by atoms with E-state index in [0.29, 0.717) is 18.2 Å². The Kier molecular flexibility index (Phi) is 5.57. The molecule has 2 nitrogen and oxygen atoms in total. The van der Waals surface area contributed by atoms with Gasteiger partial charge in [0, 0.05) is 36.3 Å². The topological polar surface area (TPSA) is 20.3 Å². The van der Waals surface area contributed by atoms with Crippen LogP contribution in [0.4, 0.5) is 0 Å². The second-order valence-electron chi connectivity index (χ2n) is 4.60.